The summed E-state index contributed by atoms with van der Waals surface area (Å²) in [6, 6.07) is 4.50. The number of likely N-dealkylation sites (N-methyl/N-ethyl adjacent to an activating group) is 1. The van der Waals surface area contributed by atoms with Crippen molar-refractivity contribution in [3.63, 3.8) is 0 Å². The lowest BCUT2D eigenvalue weighted by Gasteiger charge is -2.18. The van der Waals surface area contributed by atoms with Gasteiger partial charge in [-0.1, -0.05) is 23.8 Å². The van der Waals surface area contributed by atoms with Crippen molar-refractivity contribution in [1.82, 2.24) is 4.90 Å². The minimum atomic E-state index is -1.07. The van der Waals surface area contributed by atoms with E-state index in [9.17, 15) is 9.59 Å². The molecule has 0 aromatic heterocycles. The van der Waals surface area contributed by atoms with Gasteiger partial charge in [-0.25, -0.2) is 9.59 Å². The summed E-state index contributed by atoms with van der Waals surface area (Å²) in [6.45, 7) is 7.76. The van der Waals surface area contributed by atoms with Gasteiger partial charge < -0.3 is 15.3 Å². The third-order valence-corrected chi connectivity index (χ3v) is 2.50. The molecule has 0 unspecified atom stereocenters. The number of aryl methyl sites for hydroxylation is 1. The summed E-state index contributed by atoms with van der Waals surface area (Å²) < 4.78 is 0. The monoisotopic (exact) mass is 262 g/mol. The number of nitrogens with zero attached hydrogens (tertiary/aromatic N) is 1. The molecule has 0 radical (unpaired) electrons. The van der Waals surface area contributed by atoms with E-state index in [2.05, 4.69) is 11.9 Å². The van der Waals surface area contributed by atoms with Crippen LogP contribution in [0.4, 0.5) is 10.5 Å². The topological polar surface area (TPSA) is 69.6 Å². The molecule has 1 aromatic rings. The van der Waals surface area contributed by atoms with Crippen molar-refractivity contribution in [3.05, 3.63) is 41.5 Å². The number of carboxylic acids is 1. The molecule has 2 N–H and O–H groups in total. The molecule has 5 heteroatoms. The van der Waals surface area contributed by atoms with E-state index in [-0.39, 0.29) is 17.3 Å². The maximum absolute atomic E-state index is 11.9. The Hall–Kier alpha value is -2.30. The first kappa shape index (κ1) is 14.8. The Balaban J connectivity index is 2.90. The number of nitrogens with one attached hydrogen (secondary N) is 1. The molecule has 0 heterocycles. The summed E-state index contributed by atoms with van der Waals surface area (Å²) in [5.74, 6) is -1.07. The fourth-order valence-corrected chi connectivity index (χ4v) is 1.63. The molecule has 0 spiro atoms. The first-order chi connectivity index (χ1) is 8.81. The minimum absolute atomic E-state index is 0.0806. The number of hydrogen-bond donors (Lipinski definition) is 2. The highest BCUT2D eigenvalue weighted by molar-refractivity contribution is 6.00. The van der Waals surface area contributed by atoms with E-state index in [0.29, 0.717) is 6.54 Å². The molecule has 0 fully saturated rings. The largest absolute Gasteiger partial charge is 0.478 e. The fourth-order valence-electron chi connectivity index (χ4n) is 1.63. The van der Waals surface area contributed by atoms with Crippen molar-refractivity contribution in [1.29, 1.82) is 0 Å². The number of amides is 2. The smallest absolute Gasteiger partial charge is 0.337 e. The minimum Gasteiger partial charge on any atom is -0.478 e. The SMILES string of the molecule is C=C(C)CN(C)C(=O)Nc1ccc(C)cc1C(=O)O. The molecule has 0 saturated heterocycles. The van der Waals surface area contributed by atoms with Crippen LogP contribution in [0, 0.1) is 6.92 Å². The Bertz CT molecular complexity index is 523. The molecule has 0 aliphatic rings. The lowest BCUT2D eigenvalue weighted by molar-refractivity contribution is 0.0698. The van der Waals surface area contributed by atoms with Gasteiger partial charge in [0, 0.05) is 13.6 Å². The van der Waals surface area contributed by atoms with Gasteiger partial charge in [-0.3, -0.25) is 0 Å². The molecule has 2 amide bonds. The highest BCUT2D eigenvalue weighted by atomic mass is 16.4. The van der Waals surface area contributed by atoms with Gasteiger partial charge in [0.15, 0.2) is 0 Å². The van der Waals surface area contributed by atoms with Gasteiger partial charge in [0.1, 0.15) is 0 Å². The molecule has 19 heavy (non-hydrogen) atoms. The molecule has 0 saturated carbocycles. The number of urea groups is 1. The third kappa shape index (κ3) is 4.13. The second-order valence-electron chi connectivity index (χ2n) is 4.60. The molecule has 1 rings (SSSR count). The highest BCUT2D eigenvalue weighted by Gasteiger charge is 2.14. The summed E-state index contributed by atoms with van der Waals surface area (Å²) in [6.07, 6.45) is 0. The third-order valence-electron chi connectivity index (χ3n) is 2.50. The van der Waals surface area contributed by atoms with Crippen LogP contribution in [-0.4, -0.2) is 35.6 Å². The van der Waals surface area contributed by atoms with Crippen LogP contribution in [-0.2, 0) is 0 Å². The van der Waals surface area contributed by atoms with Crippen molar-refractivity contribution >= 4 is 17.7 Å². The zero-order valence-electron chi connectivity index (χ0n) is 11.4. The lowest BCUT2D eigenvalue weighted by atomic mass is 10.1. The Labute approximate surface area is 112 Å². The average Bonchev–Trinajstić information content (AvgIpc) is 2.30. The molecular weight excluding hydrogens is 244 g/mol. The summed E-state index contributed by atoms with van der Waals surface area (Å²) in [5, 5.41) is 11.7. The number of rotatable bonds is 4. The van der Waals surface area contributed by atoms with Gasteiger partial charge in [-0.2, -0.15) is 0 Å². The fraction of sp³-hybridized carbons (Fsp3) is 0.286. The molecular formula is C14H18N2O3. The molecule has 102 valence electrons. The van der Waals surface area contributed by atoms with E-state index in [1.165, 1.54) is 11.0 Å². The summed E-state index contributed by atoms with van der Waals surface area (Å²) >= 11 is 0. The summed E-state index contributed by atoms with van der Waals surface area (Å²) in [4.78, 5) is 24.5. The summed E-state index contributed by atoms with van der Waals surface area (Å²) in [5.41, 5.74) is 2.04. The molecule has 5 nitrogen and oxygen atoms in total. The number of hydrogen-bond acceptors (Lipinski definition) is 2. The highest BCUT2D eigenvalue weighted by Crippen LogP contribution is 2.18. The van der Waals surface area contributed by atoms with Crippen LogP contribution in [0.15, 0.2) is 30.4 Å². The Morgan fingerprint density at radius 3 is 2.58 bits per heavy atom. The number of carbonyl (C=O) groups excluding carboxylic acids is 1. The van der Waals surface area contributed by atoms with Crippen LogP contribution in [0.5, 0.6) is 0 Å². The van der Waals surface area contributed by atoms with Crippen molar-refractivity contribution in [2.75, 3.05) is 18.9 Å². The molecule has 1 aromatic carbocycles. The van der Waals surface area contributed by atoms with Crippen LogP contribution in [0.25, 0.3) is 0 Å². The number of aromatic carboxylic acids is 1. The Morgan fingerprint density at radius 1 is 1.42 bits per heavy atom. The van der Waals surface area contributed by atoms with Crippen molar-refractivity contribution in [2.24, 2.45) is 0 Å². The van der Waals surface area contributed by atoms with Gasteiger partial charge in [-0.15, -0.1) is 0 Å². The van der Waals surface area contributed by atoms with Crippen LogP contribution >= 0.6 is 0 Å². The Kier molecular flexibility index (Phi) is 4.69. The van der Waals surface area contributed by atoms with Gasteiger partial charge in [0.05, 0.1) is 11.3 Å². The Morgan fingerprint density at radius 2 is 2.05 bits per heavy atom. The van der Waals surface area contributed by atoms with Crippen LogP contribution in [0.3, 0.4) is 0 Å². The molecule has 0 atom stereocenters. The van der Waals surface area contributed by atoms with Crippen molar-refractivity contribution in [3.8, 4) is 0 Å². The molecule has 0 bridgehead atoms. The first-order valence-corrected chi connectivity index (χ1v) is 5.81. The standard InChI is InChI=1S/C14H18N2O3/c1-9(2)8-16(4)14(19)15-12-6-5-10(3)7-11(12)13(17)18/h5-7H,1,8H2,2-4H3,(H,15,19)(H,17,18). The van der Waals surface area contributed by atoms with Gasteiger partial charge in [0.2, 0.25) is 0 Å². The van der Waals surface area contributed by atoms with Crippen LogP contribution < -0.4 is 5.32 Å². The predicted octanol–water partition coefficient (Wildman–Crippen LogP) is 2.73. The van der Waals surface area contributed by atoms with E-state index < -0.39 is 5.97 Å². The lowest BCUT2D eigenvalue weighted by Crippen LogP contribution is -2.32. The molecule has 0 aliphatic heterocycles. The summed E-state index contributed by atoms with van der Waals surface area (Å²) in [7, 11) is 1.62. The van der Waals surface area contributed by atoms with Gasteiger partial charge >= 0.3 is 12.0 Å². The predicted molar refractivity (Wildman–Crippen MR) is 74.6 cm³/mol. The first-order valence-electron chi connectivity index (χ1n) is 5.81. The zero-order chi connectivity index (χ0) is 14.6. The number of carbonyl (C=O) groups is 2. The number of anilines is 1. The second-order valence-corrected chi connectivity index (χ2v) is 4.60. The normalized spacial score (nSPS) is 9.84. The quantitative estimate of drug-likeness (QED) is 0.820. The van der Waals surface area contributed by atoms with Gasteiger partial charge in [-0.05, 0) is 26.0 Å². The van der Waals surface area contributed by atoms with Gasteiger partial charge in [0.25, 0.3) is 0 Å². The van der Waals surface area contributed by atoms with Crippen molar-refractivity contribution < 1.29 is 14.7 Å². The van der Waals surface area contributed by atoms with Crippen molar-refractivity contribution in [2.45, 2.75) is 13.8 Å². The zero-order valence-corrected chi connectivity index (χ0v) is 11.4. The van der Waals surface area contributed by atoms with E-state index in [1.54, 1.807) is 26.1 Å². The number of benzene rings is 1. The van der Waals surface area contributed by atoms with E-state index in [1.807, 2.05) is 6.92 Å². The second kappa shape index (κ2) is 6.04. The maximum atomic E-state index is 11.9. The molecule has 0 aliphatic carbocycles. The maximum Gasteiger partial charge on any atom is 0.337 e. The van der Waals surface area contributed by atoms with E-state index >= 15 is 0 Å². The number of carboxylic acid groups (broad SMARTS) is 1. The van der Waals surface area contributed by atoms with E-state index in [4.69, 9.17) is 5.11 Å². The average molecular weight is 262 g/mol. The van der Waals surface area contributed by atoms with Crippen LogP contribution in [0.1, 0.15) is 22.8 Å². The van der Waals surface area contributed by atoms with E-state index in [0.717, 1.165) is 11.1 Å². The van der Waals surface area contributed by atoms with Crippen LogP contribution in [0.2, 0.25) is 0 Å².